The van der Waals surface area contributed by atoms with E-state index in [2.05, 4.69) is 0 Å². The summed E-state index contributed by atoms with van der Waals surface area (Å²) in [7, 11) is 0. The normalized spacial score (nSPS) is 8.40. The first-order valence-corrected chi connectivity index (χ1v) is 4.58. The molecule has 0 aliphatic rings. The molecular weight excluding hydrogens is 280 g/mol. The molecule has 0 aliphatic heterocycles. The molecule has 0 unspecified atom stereocenters. The zero-order valence-electron chi connectivity index (χ0n) is 2.95. The third-order valence-electron chi connectivity index (χ3n) is 0.292. The van der Waals surface area contributed by atoms with Crippen LogP contribution >= 0.6 is 11.6 Å². The Morgan fingerprint density at radius 2 is 2.20 bits per heavy atom. The molecule has 0 aliphatic carbocycles. The summed E-state index contributed by atoms with van der Waals surface area (Å²) in [5.41, 5.74) is 0. The van der Waals surface area contributed by atoms with E-state index in [-0.39, 0.29) is 0 Å². The maximum atomic E-state index is 5.32. The van der Waals surface area contributed by atoms with E-state index >= 15 is 0 Å². The van der Waals surface area contributed by atoms with Crippen LogP contribution in [0.2, 0.25) is 4.13 Å². The monoisotopic (exact) mass is 286 g/mol. The molecule has 0 heterocycles. The van der Waals surface area contributed by atoms with E-state index in [0.29, 0.717) is 0 Å². The van der Waals surface area contributed by atoms with Gasteiger partial charge >= 0.3 is 52.7 Å². The summed E-state index contributed by atoms with van der Waals surface area (Å²) >= 11 is 6.80. The molecule has 2 heteroatoms. The van der Waals surface area contributed by atoms with Gasteiger partial charge in [0.15, 0.2) is 0 Å². The number of alkyl halides is 1. The molecule has 0 aromatic rings. The molecule has 0 rings (SSSR count). The Morgan fingerprint density at radius 1 is 1.60 bits per heavy atom. The molecule has 0 N–H and O–H groups in total. The van der Waals surface area contributed by atoms with E-state index in [1.807, 2.05) is 0 Å². The Balaban J connectivity index is 2.19. The van der Waals surface area contributed by atoms with Crippen molar-refractivity contribution in [2.75, 3.05) is 5.88 Å². The summed E-state index contributed by atoms with van der Waals surface area (Å²) < 4.78 is 1.32. The zero-order valence-corrected chi connectivity index (χ0v) is 7.18. The third-order valence-corrected chi connectivity index (χ3v) is 1.79. The van der Waals surface area contributed by atoms with Gasteiger partial charge < -0.3 is 0 Å². The van der Waals surface area contributed by atoms with Crippen LogP contribution in [0.15, 0.2) is 0 Å². The van der Waals surface area contributed by atoms with Crippen molar-refractivity contribution < 1.29 is 0 Å². The van der Waals surface area contributed by atoms with Crippen LogP contribution in [0, 0.1) is 0 Å². The van der Waals surface area contributed by atoms with E-state index in [1.54, 1.807) is 0 Å². The fraction of sp³-hybridized carbons (Fsp3) is 1.00. The Labute approximate surface area is 52.7 Å². The summed E-state index contributed by atoms with van der Waals surface area (Å²) in [6.45, 7) is 0. The molecule has 0 bridgehead atoms. The number of hydrogen-bond donors (Lipinski definition) is 0. The van der Waals surface area contributed by atoms with E-state index in [1.165, 1.54) is 35.3 Å². The molecule has 0 atom stereocenters. The topological polar surface area (TPSA) is 0 Å². The first-order valence-electron chi connectivity index (χ1n) is 1.58. The quantitative estimate of drug-likeness (QED) is 0.529. The SMILES string of the molecule is ClCC[CH2][Bi]. The van der Waals surface area contributed by atoms with Crippen LogP contribution in [0.4, 0.5) is 0 Å². The van der Waals surface area contributed by atoms with Crippen molar-refractivity contribution in [3.63, 3.8) is 0 Å². The van der Waals surface area contributed by atoms with E-state index in [0.717, 1.165) is 5.88 Å². The van der Waals surface area contributed by atoms with Crippen molar-refractivity contribution in [1.82, 2.24) is 0 Å². The second-order valence-corrected chi connectivity index (χ2v) is 2.88. The van der Waals surface area contributed by atoms with Crippen LogP contribution in [0.25, 0.3) is 0 Å². The molecule has 0 saturated heterocycles. The van der Waals surface area contributed by atoms with E-state index < -0.39 is 0 Å². The minimum atomic E-state index is 0.844. The van der Waals surface area contributed by atoms with Crippen LogP contribution in [0.5, 0.6) is 0 Å². The van der Waals surface area contributed by atoms with Gasteiger partial charge in [-0.25, -0.2) is 0 Å². The van der Waals surface area contributed by atoms with Crippen LogP contribution < -0.4 is 0 Å². The first kappa shape index (κ1) is 6.17. The van der Waals surface area contributed by atoms with E-state index in [9.17, 15) is 0 Å². The molecule has 0 fully saturated rings. The summed E-state index contributed by atoms with van der Waals surface area (Å²) in [6.07, 6.45) is 1.20. The Bertz CT molecular complexity index is 14.4. The second kappa shape index (κ2) is 5.17. The fourth-order valence-corrected chi connectivity index (χ4v) is 1.57. The minimum absolute atomic E-state index is 0.844. The Kier molecular flexibility index (Phi) is 6.39. The molecule has 30 valence electrons. The van der Waals surface area contributed by atoms with Gasteiger partial charge in [-0.1, -0.05) is 0 Å². The number of rotatable bonds is 2. The molecule has 2 radical (unpaired) electrons. The first-order chi connectivity index (χ1) is 2.41. The number of hydrogen-bond acceptors (Lipinski definition) is 0. The van der Waals surface area contributed by atoms with Gasteiger partial charge in [0.25, 0.3) is 0 Å². The van der Waals surface area contributed by atoms with Crippen LogP contribution in [-0.4, -0.2) is 30.6 Å². The predicted octanol–water partition coefficient (Wildman–Crippen LogP) is 1.20. The van der Waals surface area contributed by atoms with Crippen molar-refractivity contribution >= 4 is 36.3 Å². The van der Waals surface area contributed by atoms with Crippen molar-refractivity contribution in [3.8, 4) is 0 Å². The van der Waals surface area contributed by atoms with Crippen molar-refractivity contribution in [2.24, 2.45) is 0 Å². The van der Waals surface area contributed by atoms with Crippen LogP contribution in [0.1, 0.15) is 6.42 Å². The summed E-state index contributed by atoms with van der Waals surface area (Å²) in [4.78, 5) is 0. The van der Waals surface area contributed by atoms with Crippen molar-refractivity contribution in [1.29, 1.82) is 0 Å². The van der Waals surface area contributed by atoms with Crippen LogP contribution in [0.3, 0.4) is 0 Å². The van der Waals surface area contributed by atoms with Gasteiger partial charge in [0.05, 0.1) is 0 Å². The maximum absolute atomic E-state index is 5.32. The molecule has 0 saturated carbocycles. The molecule has 0 spiro atoms. The molecule has 0 aromatic carbocycles. The Morgan fingerprint density at radius 3 is 2.20 bits per heavy atom. The molecule has 5 heavy (non-hydrogen) atoms. The van der Waals surface area contributed by atoms with Gasteiger partial charge in [-0.05, 0) is 0 Å². The average molecular weight is 287 g/mol. The second-order valence-electron chi connectivity index (χ2n) is 0.766. The Hall–Kier alpha value is 1.17. The van der Waals surface area contributed by atoms with E-state index in [4.69, 9.17) is 11.6 Å². The van der Waals surface area contributed by atoms with Gasteiger partial charge in [-0.2, -0.15) is 0 Å². The predicted molar refractivity (Wildman–Crippen MR) is 25.9 cm³/mol. The van der Waals surface area contributed by atoms with Crippen molar-refractivity contribution in [2.45, 2.75) is 10.5 Å². The average Bonchev–Trinajstić information content (AvgIpc) is 1.41. The van der Waals surface area contributed by atoms with Gasteiger partial charge in [-0.15, -0.1) is 0 Å². The summed E-state index contributed by atoms with van der Waals surface area (Å²) in [5, 5.41) is 0. The van der Waals surface area contributed by atoms with Crippen LogP contribution in [-0.2, 0) is 0 Å². The molecular formula is C3H6BiCl. The molecule has 0 aromatic heterocycles. The molecule has 0 amide bonds. The third kappa shape index (κ3) is 5.17. The summed E-state index contributed by atoms with van der Waals surface area (Å²) in [5.74, 6) is 0.844. The summed E-state index contributed by atoms with van der Waals surface area (Å²) in [6, 6.07) is 0. The van der Waals surface area contributed by atoms with Gasteiger partial charge in [0.1, 0.15) is 0 Å². The van der Waals surface area contributed by atoms with Gasteiger partial charge in [0, 0.05) is 0 Å². The zero-order chi connectivity index (χ0) is 4.12. The van der Waals surface area contributed by atoms with Crippen molar-refractivity contribution in [3.05, 3.63) is 0 Å². The fourth-order valence-electron chi connectivity index (χ4n) is 0.0598. The van der Waals surface area contributed by atoms with Gasteiger partial charge in [-0.3, -0.25) is 0 Å². The number of halogens is 1. The molecule has 0 nitrogen and oxygen atoms in total. The van der Waals surface area contributed by atoms with Gasteiger partial charge in [0.2, 0.25) is 0 Å². The standard InChI is InChI=1S/C3H6Cl.Bi/c1-2-3-4;/h1-3H2;.